The Hall–Kier alpha value is -2.47. The first-order valence-electron chi connectivity index (χ1n) is 8.92. The number of nitrogens with zero attached hydrogens (tertiary/aromatic N) is 2. The van der Waals surface area contributed by atoms with Crippen LogP contribution in [0.4, 0.5) is 5.69 Å². The highest BCUT2D eigenvalue weighted by molar-refractivity contribution is 7.80. The van der Waals surface area contributed by atoms with Gasteiger partial charge in [-0.1, -0.05) is 25.5 Å². The van der Waals surface area contributed by atoms with Gasteiger partial charge in [0, 0.05) is 25.3 Å². The van der Waals surface area contributed by atoms with Gasteiger partial charge in [0.05, 0.1) is 0 Å². The maximum atomic E-state index is 12.6. The Bertz CT molecular complexity index is 800. The lowest BCUT2D eigenvalue weighted by molar-refractivity contribution is -0.128. The molecule has 3 rings (SSSR count). The summed E-state index contributed by atoms with van der Waals surface area (Å²) in [6, 6.07) is 6.11. The van der Waals surface area contributed by atoms with Crippen molar-refractivity contribution < 1.29 is 9.59 Å². The molecule has 0 atom stereocenters. The fourth-order valence-corrected chi connectivity index (χ4v) is 3.57. The van der Waals surface area contributed by atoms with E-state index in [0.29, 0.717) is 0 Å². The van der Waals surface area contributed by atoms with Crippen molar-refractivity contribution in [2.75, 3.05) is 24.5 Å². The SMILES string of the molecule is C=CCN1C(=O)/C(=C/c2ccc3c(c2)CCN3CCCC)C(=O)NC1=S. The van der Waals surface area contributed by atoms with E-state index in [0.717, 1.165) is 25.1 Å². The van der Waals surface area contributed by atoms with Gasteiger partial charge in [-0.05, 0) is 54.4 Å². The molecular formula is C20H23N3O2S. The topological polar surface area (TPSA) is 52.7 Å². The number of nitrogens with one attached hydrogen (secondary N) is 1. The molecule has 2 aliphatic heterocycles. The van der Waals surface area contributed by atoms with Gasteiger partial charge in [-0.15, -0.1) is 6.58 Å². The Morgan fingerprint density at radius 3 is 2.88 bits per heavy atom. The van der Waals surface area contributed by atoms with E-state index in [9.17, 15) is 9.59 Å². The minimum atomic E-state index is -0.453. The molecule has 1 fully saturated rings. The van der Waals surface area contributed by atoms with Crippen LogP contribution >= 0.6 is 12.2 Å². The molecule has 0 bridgehead atoms. The number of amides is 2. The summed E-state index contributed by atoms with van der Waals surface area (Å²) >= 11 is 5.07. The number of anilines is 1. The molecule has 2 heterocycles. The molecular weight excluding hydrogens is 346 g/mol. The van der Waals surface area contributed by atoms with Gasteiger partial charge in [0.1, 0.15) is 5.57 Å². The Morgan fingerprint density at radius 1 is 1.35 bits per heavy atom. The standard InChI is InChI=1S/C20H23N3O2S/c1-3-5-10-22-11-8-15-12-14(6-7-17(15)22)13-16-18(24)21-20(26)23(9-4-2)19(16)25/h4,6-7,12-13H,2-3,5,8-11H2,1H3,(H,21,24,26)/b16-13+. The van der Waals surface area contributed by atoms with Crippen molar-refractivity contribution >= 4 is 40.9 Å². The molecule has 136 valence electrons. The average molecular weight is 369 g/mol. The largest absolute Gasteiger partial charge is 0.371 e. The van der Waals surface area contributed by atoms with Crippen LogP contribution in [-0.2, 0) is 16.0 Å². The molecule has 1 aromatic rings. The number of thiocarbonyl (C=S) groups is 1. The van der Waals surface area contributed by atoms with Crippen molar-refractivity contribution in [3.8, 4) is 0 Å². The molecule has 2 amide bonds. The van der Waals surface area contributed by atoms with Crippen LogP contribution in [-0.4, -0.2) is 41.5 Å². The van der Waals surface area contributed by atoms with E-state index in [2.05, 4.69) is 35.9 Å². The van der Waals surface area contributed by atoms with Gasteiger partial charge in [-0.3, -0.25) is 19.8 Å². The zero-order valence-electron chi connectivity index (χ0n) is 15.0. The summed E-state index contributed by atoms with van der Waals surface area (Å²) in [5.74, 6) is -0.839. The second kappa shape index (κ2) is 7.83. The van der Waals surface area contributed by atoms with Gasteiger partial charge in [-0.25, -0.2) is 0 Å². The van der Waals surface area contributed by atoms with Crippen molar-refractivity contribution in [1.29, 1.82) is 0 Å². The number of unbranched alkanes of at least 4 members (excludes halogenated alkanes) is 1. The lowest BCUT2D eigenvalue weighted by Crippen LogP contribution is -2.53. The summed E-state index contributed by atoms with van der Waals surface area (Å²) in [5, 5.41) is 2.69. The van der Waals surface area contributed by atoms with Crippen LogP contribution in [0.25, 0.3) is 6.08 Å². The molecule has 6 heteroatoms. The number of fused-ring (bicyclic) bond motifs is 1. The first-order valence-corrected chi connectivity index (χ1v) is 9.33. The Morgan fingerprint density at radius 2 is 2.15 bits per heavy atom. The smallest absolute Gasteiger partial charge is 0.265 e. The first-order chi connectivity index (χ1) is 12.5. The minimum absolute atomic E-state index is 0.0984. The van der Waals surface area contributed by atoms with Gasteiger partial charge in [0.15, 0.2) is 5.11 Å². The zero-order chi connectivity index (χ0) is 18.7. The first kappa shape index (κ1) is 18.3. The highest BCUT2D eigenvalue weighted by Crippen LogP contribution is 2.30. The summed E-state index contributed by atoms with van der Waals surface area (Å²) in [4.78, 5) is 28.6. The molecule has 26 heavy (non-hydrogen) atoms. The molecule has 2 aliphatic rings. The van der Waals surface area contributed by atoms with Crippen LogP contribution in [0, 0.1) is 0 Å². The van der Waals surface area contributed by atoms with Gasteiger partial charge in [-0.2, -0.15) is 0 Å². The molecule has 1 N–H and O–H groups in total. The third-order valence-corrected chi connectivity index (χ3v) is 5.01. The van der Waals surface area contributed by atoms with Crippen LogP contribution < -0.4 is 10.2 Å². The summed E-state index contributed by atoms with van der Waals surface area (Å²) < 4.78 is 0. The van der Waals surface area contributed by atoms with Crippen molar-refractivity contribution in [2.45, 2.75) is 26.2 Å². The van der Waals surface area contributed by atoms with Crippen LogP contribution in [0.5, 0.6) is 0 Å². The molecule has 0 spiro atoms. The van der Waals surface area contributed by atoms with Gasteiger partial charge >= 0.3 is 0 Å². The number of hydrogen-bond donors (Lipinski definition) is 1. The Labute approximate surface area is 159 Å². The maximum absolute atomic E-state index is 12.6. The fraction of sp³-hybridized carbons (Fsp3) is 0.350. The second-order valence-corrected chi connectivity index (χ2v) is 6.89. The maximum Gasteiger partial charge on any atom is 0.265 e. The predicted octanol–water partition coefficient (Wildman–Crippen LogP) is 2.66. The fourth-order valence-electron chi connectivity index (χ4n) is 3.32. The third-order valence-electron chi connectivity index (χ3n) is 4.69. The monoisotopic (exact) mass is 369 g/mol. The van der Waals surface area contributed by atoms with Crippen molar-refractivity contribution in [2.24, 2.45) is 0 Å². The van der Waals surface area contributed by atoms with Gasteiger partial charge in [0.2, 0.25) is 0 Å². The summed E-state index contributed by atoms with van der Waals surface area (Å²) in [5.41, 5.74) is 3.47. The van der Waals surface area contributed by atoms with E-state index in [-0.39, 0.29) is 23.1 Å². The van der Waals surface area contributed by atoms with E-state index in [4.69, 9.17) is 12.2 Å². The lowest BCUT2D eigenvalue weighted by Gasteiger charge is -2.27. The Kier molecular flexibility index (Phi) is 5.52. The van der Waals surface area contributed by atoms with E-state index in [1.54, 1.807) is 12.2 Å². The quantitative estimate of drug-likeness (QED) is 0.363. The molecule has 0 aromatic heterocycles. The zero-order valence-corrected chi connectivity index (χ0v) is 15.8. The molecule has 1 saturated heterocycles. The van der Waals surface area contributed by atoms with Crippen molar-refractivity contribution in [3.63, 3.8) is 0 Å². The molecule has 0 unspecified atom stereocenters. The second-order valence-electron chi connectivity index (χ2n) is 6.50. The van der Waals surface area contributed by atoms with Crippen molar-refractivity contribution in [1.82, 2.24) is 10.2 Å². The lowest BCUT2D eigenvalue weighted by atomic mass is 10.0. The number of rotatable bonds is 6. The Balaban J connectivity index is 1.85. The summed E-state index contributed by atoms with van der Waals surface area (Å²) in [6.07, 6.45) is 6.57. The predicted molar refractivity (Wildman–Crippen MR) is 108 cm³/mol. The molecule has 1 aromatic carbocycles. The number of carbonyl (C=O) groups excluding carboxylic acids is 2. The molecule has 5 nitrogen and oxygen atoms in total. The molecule has 0 saturated carbocycles. The summed E-state index contributed by atoms with van der Waals surface area (Å²) in [6.45, 7) is 8.19. The minimum Gasteiger partial charge on any atom is -0.371 e. The average Bonchev–Trinajstić information content (AvgIpc) is 3.02. The van der Waals surface area contributed by atoms with Crippen LogP contribution in [0.15, 0.2) is 36.4 Å². The third kappa shape index (κ3) is 3.55. The van der Waals surface area contributed by atoms with E-state index in [1.165, 1.54) is 29.0 Å². The highest BCUT2D eigenvalue weighted by Gasteiger charge is 2.32. The van der Waals surface area contributed by atoms with E-state index < -0.39 is 5.91 Å². The molecule has 0 aliphatic carbocycles. The van der Waals surface area contributed by atoms with Crippen LogP contribution in [0.3, 0.4) is 0 Å². The van der Waals surface area contributed by atoms with E-state index >= 15 is 0 Å². The highest BCUT2D eigenvalue weighted by atomic mass is 32.1. The number of carbonyl (C=O) groups is 2. The number of benzene rings is 1. The van der Waals surface area contributed by atoms with E-state index in [1.807, 2.05) is 6.07 Å². The van der Waals surface area contributed by atoms with Crippen LogP contribution in [0.2, 0.25) is 0 Å². The normalized spacial score (nSPS) is 18.3. The van der Waals surface area contributed by atoms with Crippen molar-refractivity contribution in [3.05, 3.63) is 47.6 Å². The van der Waals surface area contributed by atoms with Crippen LogP contribution in [0.1, 0.15) is 30.9 Å². The summed E-state index contributed by atoms with van der Waals surface area (Å²) in [7, 11) is 0. The number of hydrogen-bond acceptors (Lipinski definition) is 4. The van der Waals surface area contributed by atoms with Gasteiger partial charge in [0.25, 0.3) is 11.8 Å². The molecule has 0 radical (unpaired) electrons. The van der Waals surface area contributed by atoms with Gasteiger partial charge < -0.3 is 4.90 Å².